The highest BCUT2D eigenvalue weighted by molar-refractivity contribution is 7.09. The lowest BCUT2D eigenvalue weighted by atomic mass is 10.2. The molecule has 0 spiro atoms. The van der Waals surface area contributed by atoms with Crippen LogP contribution in [0.5, 0.6) is 0 Å². The molecule has 1 N–H and O–H groups in total. The first kappa shape index (κ1) is 12.4. The maximum atomic E-state index is 11.6. The monoisotopic (exact) mass is 259 g/mol. The summed E-state index contributed by atoms with van der Waals surface area (Å²) < 4.78 is 0. The smallest absolute Gasteiger partial charge is 0.246 e. The molecule has 0 aliphatic carbocycles. The van der Waals surface area contributed by atoms with Crippen LogP contribution in [0.25, 0.3) is 0 Å². The second-order valence-corrected chi connectivity index (χ2v) is 4.71. The summed E-state index contributed by atoms with van der Waals surface area (Å²) in [5, 5.41) is 6.63. The van der Waals surface area contributed by atoms with Gasteiger partial charge in [0.15, 0.2) is 0 Å². The molecule has 1 amide bonds. The van der Waals surface area contributed by atoms with Gasteiger partial charge in [-0.1, -0.05) is 30.3 Å². The first-order valence-electron chi connectivity index (χ1n) is 5.52. The van der Waals surface area contributed by atoms with E-state index in [1.807, 2.05) is 42.6 Å². The number of rotatable bonds is 4. The van der Waals surface area contributed by atoms with Crippen LogP contribution in [0.4, 0.5) is 0 Å². The minimum absolute atomic E-state index is 0.156. The summed E-state index contributed by atoms with van der Waals surface area (Å²) in [7, 11) is 0. The van der Waals surface area contributed by atoms with Crippen molar-refractivity contribution in [3.8, 4) is 0 Å². The topological polar surface area (TPSA) is 54.4 Å². The van der Waals surface area contributed by atoms with Gasteiger partial charge in [-0.2, -0.15) is 5.10 Å². The molecule has 2 aromatic rings. The number of benzene rings is 1. The molecule has 1 aromatic heterocycles. The van der Waals surface area contributed by atoms with E-state index in [0.29, 0.717) is 0 Å². The van der Waals surface area contributed by atoms with Gasteiger partial charge in [0.05, 0.1) is 12.6 Å². The molecule has 0 bridgehead atoms. The van der Waals surface area contributed by atoms with Crippen molar-refractivity contribution >= 4 is 23.5 Å². The van der Waals surface area contributed by atoms with Crippen LogP contribution >= 0.6 is 11.3 Å². The van der Waals surface area contributed by atoms with Gasteiger partial charge in [0, 0.05) is 11.1 Å². The van der Waals surface area contributed by atoms with E-state index in [1.165, 1.54) is 11.3 Å². The Kier molecular flexibility index (Phi) is 4.20. The van der Waals surface area contributed by atoms with E-state index in [-0.39, 0.29) is 12.3 Å². The number of nitrogens with zero attached hydrogens (tertiary/aromatic N) is 2. The molecule has 0 saturated heterocycles. The van der Waals surface area contributed by atoms with Gasteiger partial charge >= 0.3 is 0 Å². The van der Waals surface area contributed by atoms with Crippen molar-refractivity contribution < 1.29 is 4.79 Å². The zero-order valence-electron chi connectivity index (χ0n) is 9.96. The minimum atomic E-state index is -0.156. The summed E-state index contributed by atoms with van der Waals surface area (Å²) in [4.78, 5) is 15.8. The highest BCUT2D eigenvalue weighted by Gasteiger charge is 2.05. The third-order valence-electron chi connectivity index (χ3n) is 2.18. The number of hydrazone groups is 1. The molecule has 1 heterocycles. The minimum Gasteiger partial charge on any atom is -0.273 e. The highest BCUT2D eigenvalue weighted by atomic mass is 32.1. The van der Waals surface area contributed by atoms with Gasteiger partial charge in [-0.15, -0.1) is 11.3 Å². The standard InChI is InChI=1S/C13H13N3OS/c1-10-9-18-13(15-10)7-12(17)16-14-8-11-5-3-2-4-6-11/h2-6,8-9H,7H2,1H3,(H,16,17)/b14-8-. The van der Waals surface area contributed by atoms with Crippen molar-refractivity contribution in [3.63, 3.8) is 0 Å². The van der Waals surface area contributed by atoms with Crippen molar-refractivity contribution in [2.75, 3.05) is 0 Å². The number of aryl methyl sites for hydroxylation is 1. The molecule has 0 fully saturated rings. The van der Waals surface area contributed by atoms with Crippen molar-refractivity contribution in [2.24, 2.45) is 5.10 Å². The third-order valence-corrected chi connectivity index (χ3v) is 3.15. The molecule has 0 aliphatic heterocycles. The second-order valence-electron chi connectivity index (χ2n) is 3.76. The maximum Gasteiger partial charge on any atom is 0.246 e. The predicted molar refractivity (Wildman–Crippen MR) is 72.7 cm³/mol. The Labute approximate surface area is 109 Å². The lowest BCUT2D eigenvalue weighted by Crippen LogP contribution is -2.19. The molecule has 0 saturated carbocycles. The predicted octanol–water partition coefficient (Wildman–Crippen LogP) is 2.14. The number of hydrogen-bond donors (Lipinski definition) is 1. The van der Waals surface area contributed by atoms with Gasteiger partial charge in [0.2, 0.25) is 5.91 Å². The van der Waals surface area contributed by atoms with Crippen LogP contribution in [0, 0.1) is 6.92 Å². The number of nitrogens with one attached hydrogen (secondary N) is 1. The van der Waals surface area contributed by atoms with E-state index in [4.69, 9.17) is 0 Å². The summed E-state index contributed by atoms with van der Waals surface area (Å²) in [5.41, 5.74) is 4.37. The average molecular weight is 259 g/mol. The molecule has 0 aliphatic rings. The zero-order valence-corrected chi connectivity index (χ0v) is 10.8. The molecular weight excluding hydrogens is 246 g/mol. The average Bonchev–Trinajstić information content (AvgIpc) is 2.76. The Morgan fingerprint density at radius 3 is 2.89 bits per heavy atom. The van der Waals surface area contributed by atoms with E-state index in [9.17, 15) is 4.79 Å². The van der Waals surface area contributed by atoms with E-state index in [2.05, 4.69) is 15.5 Å². The summed E-state index contributed by atoms with van der Waals surface area (Å²) in [6.45, 7) is 1.91. The number of carbonyl (C=O) groups is 1. The Morgan fingerprint density at radius 2 is 2.22 bits per heavy atom. The van der Waals surface area contributed by atoms with Crippen molar-refractivity contribution in [2.45, 2.75) is 13.3 Å². The first-order chi connectivity index (χ1) is 8.74. The van der Waals surface area contributed by atoms with Crippen molar-refractivity contribution in [3.05, 3.63) is 52.0 Å². The van der Waals surface area contributed by atoms with E-state index < -0.39 is 0 Å². The van der Waals surface area contributed by atoms with Crippen LogP contribution in [-0.4, -0.2) is 17.1 Å². The van der Waals surface area contributed by atoms with E-state index >= 15 is 0 Å². The molecule has 92 valence electrons. The fourth-order valence-electron chi connectivity index (χ4n) is 1.38. The summed E-state index contributed by atoms with van der Waals surface area (Å²) >= 11 is 1.48. The normalized spacial score (nSPS) is 10.7. The van der Waals surface area contributed by atoms with E-state index in [0.717, 1.165) is 16.3 Å². The maximum absolute atomic E-state index is 11.6. The summed E-state index contributed by atoms with van der Waals surface area (Å²) in [5.74, 6) is -0.156. The fraction of sp³-hybridized carbons (Fsp3) is 0.154. The number of thiazole rings is 1. The Morgan fingerprint density at radius 1 is 1.44 bits per heavy atom. The van der Waals surface area contributed by atoms with Gasteiger partial charge in [0.25, 0.3) is 0 Å². The van der Waals surface area contributed by atoms with Gasteiger partial charge in [0.1, 0.15) is 5.01 Å². The van der Waals surface area contributed by atoms with Gasteiger partial charge < -0.3 is 0 Å². The third kappa shape index (κ3) is 3.78. The Balaban J connectivity index is 1.83. The van der Waals surface area contributed by atoms with Crippen molar-refractivity contribution in [1.82, 2.24) is 10.4 Å². The van der Waals surface area contributed by atoms with Gasteiger partial charge in [-0.25, -0.2) is 10.4 Å². The number of amides is 1. The van der Waals surface area contributed by atoms with Crippen LogP contribution in [0.15, 0.2) is 40.8 Å². The quantitative estimate of drug-likeness (QED) is 0.675. The lowest BCUT2D eigenvalue weighted by molar-refractivity contribution is -0.120. The second kappa shape index (κ2) is 6.07. The summed E-state index contributed by atoms with van der Waals surface area (Å²) in [6, 6.07) is 9.60. The number of hydrogen-bond acceptors (Lipinski definition) is 4. The molecule has 18 heavy (non-hydrogen) atoms. The molecule has 5 heteroatoms. The van der Waals surface area contributed by atoms with Crippen LogP contribution in [0.1, 0.15) is 16.3 Å². The molecular formula is C13H13N3OS. The summed E-state index contributed by atoms with van der Waals surface area (Å²) in [6.07, 6.45) is 1.88. The largest absolute Gasteiger partial charge is 0.273 e. The highest BCUT2D eigenvalue weighted by Crippen LogP contribution is 2.08. The first-order valence-corrected chi connectivity index (χ1v) is 6.40. The van der Waals surface area contributed by atoms with E-state index in [1.54, 1.807) is 6.21 Å². The van der Waals surface area contributed by atoms with Crippen LogP contribution in [0.2, 0.25) is 0 Å². The van der Waals surface area contributed by atoms with Crippen molar-refractivity contribution in [1.29, 1.82) is 0 Å². The molecule has 0 unspecified atom stereocenters. The van der Waals surface area contributed by atoms with Crippen LogP contribution in [0.3, 0.4) is 0 Å². The molecule has 4 nitrogen and oxygen atoms in total. The zero-order chi connectivity index (χ0) is 12.8. The molecule has 2 rings (SSSR count). The van der Waals surface area contributed by atoms with Crippen LogP contribution in [-0.2, 0) is 11.2 Å². The fourth-order valence-corrected chi connectivity index (χ4v) is 2.15. The Bertz CT molecular complexity index is 548. The van der Waals surface area contributed by atoms with Gasteiger partial charge in [-0.05, 0) is 12.5 Å². The van der Waals surface area contributed by atoms with Gasteiger partial charge in [-0.3, -0.25) is 4.79 Å². The molecule has 1 aromatic carbocycles. The molecule has 0 radical (unpaired) electrons. The molecule has 0 atom stereocenters. The SMILES string of the molecule is Cc1csc(CC(=O)N/N=C\c2ccccc2)n1. The van der Waals surface area contributed by atoms with Crippen LogP contribution < -0.4 is 5.43 Å². The lowest BCUT2D eigenvalue weighted by Gasteiger charge is -1.96. The number of aromatic nitrogens is 1. The number of carbonyl (C=O) groups excluding carboxylic acids is 1. The Hall–Kier alpha value is -2.01.